The van der Waals surface area contributed by atoms with E-state index in [-0.39, 0.29) is 18.0 Å². The first-order valence-corrected chi connectivity index (χ1v) is 3.81. The Morgan fingerprint density at radius 3 is 2.50 bits per heavy atom. The van der Waals surface area contributed by atoms with Crippen LogP contribution in [-0.4, -0.2) is 12.1 Å². The zero-order chi connectivity index (χ0) is 7.72. The molecule has 0 bridgehead atoms. The van der Waals surface area contributed by atoms with Gasteiger partial charge in [-0.2, -0.15) is 0 Å². The molecule has 3 atom stereocenters. The third kappa shape index (κ3) is 1.31. The van der Waals surface area contributed by atoms with E-state index in [9.17, 15) is 4.79 Å². The number of carbonyl (C=O) groups is 1. The summed E-state index contributed by atoms with van der Waals surface area (Å²) in [5.41, 5.74) is 0. The van der Waals surface area contributed by atoms with Gasteiger partial charge in [0, 0.05) is 0 Å². The van der Waals surface area contributed by atoms with E-state index in [2.05, 4.69) is 6.92 Å². The van der Waals surface area contributed by atoms with Crippen LogP contribution in [-0.2, 0) is 9.53 Å². The molecule has 1 fully saturated rings. The minimum absolute atomic E-state index is 0.0365. The highest BCUT2D eigenvalue weighted by Gasteiger charge is 2.29. The van der Waals surface area contributed by atoms with Gasteiger partial charge in [-0.1, -0.05) is 13.8 Å². The van der Waals surface area contributed by atoms with Crippen LogP contribution in [0.1, 0.15) is 27.2 Å². The van der Waals surface area contributed by atoms with Crippen molar-refractivity contribution in [3.05, 3.63) is 0 Å². The van der Waals surface area contributed by atoms with Crippen LogP contribution in [0, 0.1) is 11.8 Å². The van der Waals surface area contributed by atoms with Crippen LogP contribution < -0.4 is 0 Å². The van der Waals surface area contributed by atoms with Crippen LogP contribution in [0.15, 0.2) is 0 Å². The Kier molecular flexibility index (Phi) is 1.97. The second-order valence-electron chi connectivity index (χ2n) is 3.26. The predicted octanol–water partition coefficient (Wildman–Crippen LogP) is 1.59. The number of rotatable bonds is 0. The molecule has 0 aliphatic carbocycles. The van der Waals surface area contributed by atoms with Gasteiger partial charge in [-0.05, 0) is 19.3 Å². The summed E-state index contributed by atoms with van der Waals surface area (Å²) in [4.78, 5) is 10.9. The normalized spacial score (nSPS) is 41.1. The molecular weight excluding hydrogens is 128 g/mol. The van der Waals surface area contributed by atoms with E-state index >= 15 is 0 Å². The van der Waals surface area contributed by atoms with E-state index in [4.69, 9.17) is 4.74 Å². The number of hydrogen-bond donors (Lipinski definition) is 0. The molecule has 0 unspecified atom stereocenters. The molecule has 10 heavy (non-hydrogen) atoms. The van der Waals surface area contributed by atoms with Crippen molar-refractivity contribution in [3.63, 3.8) is 0 Å². The molecule has 1 aliphatic rings. The van der Waals surface area contributed by atoms with Crippen molar-refractivity contribution in [2.24, 2.45) is 11.8 Å². The van der Waals surface area contributed by atoms with Gasteiger partial charge < -0.3 is 4.74 Å². The zero-order valence-corrected chi connectivity index (χ0v) is 6.76. The second-order valence-corrected chi connectivity index (χ2v) is 3.26. The Balaban J connectivity index is 2.54. The van der Waals surface area contributed by atoms with Crippen LogP contribution in [0.4, 0.5) is 0 Å². The number of carbonyl (C=O) groups excluding carboxylic acids is 1. The fourth-order valence-electron chi connectivity index (χ4n) is 1.26. The molecule has 1 heterocycles. The van der Waals surface area contributed by atoms with Gasteiger partial charge in [0.15, 0.2) is 0 Å². The SMILES string of the molecule is C[C@@H]1C[C@H](C)C(=O)O[C@@H]1C. The fraction of sp³-hybridized carbons (Fsp3) is 0.875. The molecule has 0 aromatic carbocycles. The minimum Gasteiger partial charge on any atom is -0.462 e. The topological polar surface area (TPSA) is 26.3 Å². The summed E-state index contributed by atoms with van der Waals surface area (Å²) in [7, 11) is 0. The van der Waals surface area contributed by atoms with E-state index in [1.54, 1.807) is 0 Å². The molecular formula is C8H14O2. The Bertz CT molecular complexity index is 142. The molecule has 0 radical (unpaired) electrons. The molecule has 0 spiro atoms. The van der Waals surface area contributed by atoms with Crippen LogP contribution in [0.2, 0.25) is 0 Å². The van der Waals surface area contributed by atoms with Crippen LogP contribution >= 0.6 is 0 Å². The third-order valence-electron chi connectivity index (χ3n) is 2.23. The predicted molar refractivity (Wildman–Crippen MR) is 38.5 cm³/mol. The Morgan fingerprint density at radius 2 is 2.00 bits per heavy atom. The first-order chi connectivity index (χ1) is 4.61. The van der Waals surface area contributed by atoms with Crippen molar-refractivity contribution < 1.29 is 9.53 Å². The maximum Gasteiger partial charge on any atom is 0.308 e. The lowest BCUT2D eigenvalue weighted by Crippen LogP contribution is -2.33. The fourth-order valence-corrected chi connectivity index (χ4v) is 1.26. The van der Waals surface area contributed by atoms with Gasteiger partial charge in [0.2, 0.25) is 0 Å². The minimum atomic E-state index is -0.0365. The maximum atomic E-state index is 10.9. The number of cyclic esters (lactones) is 1. The summed E-state index contributed by atoms with van der Waals surface area (Å²) in [6.07, 6.45) is 1.09. The maximum absolute atomic E-state index is 10.9. The van der Waals surface area contributed by atoms with Gasteiger partial charge in [-0.15, -0.1) is 0 Å². The van der Waals surface area contributed by atoms with Crippen molar-refractivity contribution >= 4 is 5.97 Å². The summed E-state index contributed by atoms with van der Waals surface area (Å²) in [5.74, 6) is 0.588. The van der Waals surface area contributed by atoms with Crippen molar-refractivity contribution in [1.29, 1.82) is 0 Å². The highest BCUT2D eigenvalue weighted by molar-refractivity contribution is 5.72. The lowest BCUT2D eigenvalue weighted by molar-refractivity contribution is -0.162. The van der Waals surface area contributed by atoms with E-state index in [0.29, 0.717) is 5.92 Å². The Morgan fingerprint density at radius 1 is 1.40 bits per heavy atom. The summed E-state index contributed by atoms with van der Waals surface area (Å²) in [6, 6.07) is 0. The van der Waals surface area contributed by atoms with Crippen molar-refractivity contribution in [2.45, 2.75) is 33.3 Å². The van der Waals surface area contributed by atoms with Gasteiger partial charge in [-0.3, -0.25) is 4.79 Å². The first-order valence-electron chi connectivity index (χ1n) is 3.81. The number of esters is 1. The summed E-state index contributed by atoms with van der Waals surface area (Å²) in [5, 5.41) is 0. The molecule has 58 valence electrons. The van der Waals surface area contributed by atoms with E-state index in [1.807, 2.05) is 13.8 Å². The average Bonchev–Trinajstić information content (AvgIpc) is 1.84. The number of ether oxygens (including phenoxy) is 1. The van der Waals surface area contributed by atoms with E-state index in [1.165, 1.54) is 0 Å². The van der Waals surface area contributed by atoms with Crippen molar-refractivity contribution in [2.75, 3.05) is 0 Å². The smallest absolute Gasteiger partial charge is 0.308 e. The molecule has 2 heteroatoms. The summed E-state index contributed by atoms with van der Waals surface area (Å²) < 4.78 is 5.07. The molecule has 0 saturated carbocycles. The second kappa shape index (κ2) is 2.60. The van der Waals surface area contributed by atoms with Gasteiger partial charge in [0.25, 0.3) is 0 Å². The zero-order valence-electron chi connectivity index (χ0n) is 6.76. The van der Waals surface area contributed by atoms with Crippen LogP contribution in [0.25, 0.3) is 0 Å². The van der Waals surface area contributed by atoms with Crippen LogP contribution in [0.5, 0.6) is 0 Å². The average molecular weight is 142 g/mol. The highest BCUT2D eigenvalue weighted by atomic mass is 16.5. The van der Waals surface area contributed by atoms with Gasteiger partial charge in [0.1, 0.15) is 6.10 Å². The summed E-state index contributed by atoms with van der Waals surface area (Å²) >= 11 is 0. The third-order valence-corrected chi connectivity index (χ3v) is 2.23. The monoisotopic (exact) mass is 142 g/mol. The molecule has 0 N–H and O–H groups in total. The lowest BCUT2D eigenvalue weighted by atomic mass is 9.91. The standard InChI is InChI=1S/C8H14O2/c1-5-4-6(2)8(9)10-7(5)3/h5-7H,4H2,1-3H3/t5-,6+,7-/m1/s1. The van der Waals surface area contributed by atoms with E-state index in [0.717, 1.165) is 6.42 Å². The molecule has 2 nitrogen and oxygen atoms in total. The Hall–Kier alpha value is -0.530. The molecule has 0 amide bonds. The molecule has 0 aromatic rings. The lowest BCUT2D eigenvalue weighted by Gasteiger charge is -2.29. The van der Waals surface area contributed by atoms with Crippen LogP contribution in [0.3, 0.4) is 0 Å². The van der Waals surface area contributed by atoms with Gasteiger partial charge >= 0.3 is 5.97 Å². The van der Waals surface area contributed by atoms with E-state index < -0.39 is 0 Å². The molecule has 1 aliphatic heterocycles. The molecule has 0 aromatic heterocycles. The van der Waals surface area contributed by atoms with Crippen molar-refractivity contribution in [3.8, 4) is 0 Å². The molecule has 1 rings (SSSR count). The number of hydrogen-bond acceptors (Lipinski definition) is 2. The first kappa shape index (κ1) is 7.58. The largest absolute Gasteiger partial charge is 0.462 e. The quantitative estimate of drug-likeness (QED) is 0.480. The summed E-state index contributed by atoms with van der Waals surface area (Å²) in [6.45, 7) is 5.99. The highest BCUT2D eigenvalue weighted by Crippen LogP contribution is 2.24. The Labute approximate surface area is 61.6 Å². The molecule has 1 saturated heterocycles. The van der Waals surface area contributed by atoms with Gasteiger partial charge in [-0.25, -0.2) is 0 Å². The van der Waals surface area contributed by atoms with Crippen molar-refractivity contribution in [1.82, 2.24) is 0 Å². The van der Waals surface area contributed by atoms with Gasteiger partial charge in [0.05, 0.1) is 5.92 Å².